The number of nitriles is 1. The van der Waals surface area contributed by atoms with E-state index >= 15 is 0 Å². The third-order valence-corrected chi connectivity index (χ3v) is 2.26. The molecule has 1 aromatic carbocycles. The predicted molar refractivity (Wildman–Crippen MR) is 63.3 cm³/mol. The van der Waals surface area contributed by atoms with Gasteiger partial charge in [0.15, 0.2) is 0 Å². The van der Waals surface area contributed by atoms with E-state index in [2.05, 4.69) is 16.3 Å². The lowest BCUT2D eigenvalue weighted by Gasteiger charge is -2.02. The number of hydrogen-bond donors (Lipinski definition) is 1. The number of aromatic nitrogens is 2. The Morgan fingerprint density at radius 2 is 2.19 bits per heavy atom. The van der Waals surface area contributed by atoms with Crippen molar-refractivity contribution in [3.8, 4) is 17.3 Å². The zero-order valence-corrected chi connectivity index (χ0v) is 8.72. The van der Waals surface area contributed by atoms with Gasteiger partial charge in [-0.3, -0.25) is 5.10 Å². The van der Waals surface area contributed by atoms with E-state index < -0.39 is 0 Å². The molecule has 1 aromatic heterocycles. The topological polar surface area (TPSA) is 52.5 Å². The number of nitrogens with zero attached hydrogens (tertiary/aromatic N) is 2. The van der Waals surface area contributed by atoms with Crippen LogP contribution in [0.4, 0.5) is 0 Å². The van der Waals surface area contributed by atoms with E-state index in [1.807, 2.05) is 42.5 Å². The van der Waals surface area contributed by atoms with Crippen molar-refractivity contribution in [1.29, 1.82) is 5.26 Å². The first kappa shape index (κ1) is 10.2. The van der Waals surface area contributed by atoms with Crippen LogP contribution >= 0.6 is 0 Å². The number of aromatic amines is 1. The summed E-state index contributed by atoms with van der Waals surface area (Å²) in [5.41, 5.74) is 3.16. The van der Waals surface area contributed by atoms with Crippen LogP contribution in [0.2, 0.25) is 0 Å². The van der Waals surface area contributed by atoms with Crippen LogP contribution in [-0.2, 0) is 0 Å². The minimum atomic E-state index is 0.428. The molecule has 3 nitrogen and oxygen atoms in total. The summed E-state index contributed by atoms with van der Waals surface area (Å²) in [6.07, 6.45) is 5.97. The van der Waals surface area contributed by atoms with Crippen LogP contribution < -0.4 is 0 Å². The molecule has 0 amide bonds. The fraction of sp³-hybridized carbons (Fsp3) is 0.0769. The van der Waals surface area contributed by atoms with Crippen LogP contribution in [0.3, 0.4) is 0 Å². The van der Waals surface area contributed by atoms with Crippen molar-refractivity contribution in [3.05, 3.63) is 48.2 Å². The average molecular weight is 209 g/mol. The zero-order chi connectivity index (χ0) is 11.2. The van der Waals surface area contributed by atoms with E-state index in [9.17, 15) is 0 Å². The van der Waals surface area contributed by atoms with Gasteiger partial charge >= 0.3 is 0 Å². The van der Waals surface area contributed by atoms with E-state index in [0.29, 0.717) is 6.42 Å². The molecule has 0 radical (unpaired) electrons. The average Bonchev–Trinajstić information content (AvgIpc) is 2.83. The number of H-pyrrole nitrogens is 1. The fourth-order valence-electron chi connectivity index (χ4n) is 1.53. The molecule has 0 fully saturated rings. The van der Waals surface area contributed by atoms with E-state index in [0.717, 1.165) is 16.8 Å². The minimum Gasteiger partial charge on any atom is -0.278 e. The van der Waals surface area contributed by atoms with Gasteiger partial charge in [-0.05, 0) is 11.6 Å². The smallest absolute Gasteiger partial charge is 0.0663 e. The molecule has 0 unspecified atom stereocenters. The summed E-state index contributed by atoms with van der Waals surface area (Å²) >= 11 is 0. The molecule has 0 saturated heterocycles. The number of benzene rings is 1. The van der Waals surface area contributed by atoms with Gasteiger partial charge in [0, 0.05) is 11.8 Å². The van der Waals surface area contributed by atoms with Crippen LogP contribution in [0, 0.1) is 11.3 Å². The molecule has 0 aliphatic carbocycles. The molecule has 1 N–H and O–H groups in total. The van der Waals surface area contributed by atoms with Crippen LogP contribution in [0.1, 0.15) is 12.0 Å². The van der Waals surface area contributed by atoms with Crippen molar-refractivity contribution in [2.24, 2.45) is 0 Å². The normalized spacial score (nSPS) is 10.4. The number of rotatable bonds is 3. The Bertz CT molecular complexity index is 518. The van der Waals surface area contributed by atoms with Crippen molar-refractivity contribution >= 4 is 6.08 Å². The number of allylic oxidation sites excluding steroid dienone is 1. The van der Waals surface area contributed by atoms with Crippen molar-refractivity contribution < 1.29 is 0 Å². The number of nitrogens with one attached hydrogen (secondary N) is 1. The van der Waals surface area contributed by atoms with Crippen molar-refractivity contribution in [2.45, 2.75) is 6.42 Å². The van der Waals surface area contributed by atoms with Gasteiger partial charge in [0.2, 0.25) is 0 Å². The Morgan fingerprint density at radius 1 is 1.31 bits per heavy atom. The second-order valence-electron chi connectivity index (χ2n) is 3.32. The quantitative estimate of drug-likeness (QED) is 0.844. The molecule has 0 atom stereocenters. The lowest BCUT2D eigenvalue weighted by Crippen LogP contribution is -1.82. The van der Waals surface area contributed by atoms with Gasteiger partial charge in [-0.1, -0.05) is 36.4 Å². The first-order chi connectivity index (χ1) is 7.92. The molecule has 3 heteroatoms. The first-order valence-electron chi connectivity index (χ1n) is 5.04. The summed E-state index contributed by atoms with van der Waals surface area (Å²) in [7, 11) is 0. The summed E-state index contributed by atoms with van der Waals surface area (Å²) < 4.78 is 0. The van der Waals surface area contributed by atoms with Gasteiger partial charge in [-0.25, -0.2) is 0 Å². The fourth-order valence-corrected chi connectivity index (χ4v) is 1.53. The molecule has 78 valence electrons. The highest BCUT2D eigenvalue weighted by Crippen LogP contribution is 2.22. The van der Waals surface area contributed by atoms with Crippen LogP contribution in [-0.4, -0.2) is 10.2 Å². The van der Waals surface area contributed by atoms with Gasteiger partial charge in [-0.2, -0.15) is 10.4 Å². The lowest BCUT2D eigenvalue weighted by molar-refractivity contribution is 1.09. The third kappa shape index (κ3) is 2.18. The number of hydrogen-bond acceptors (Lipinski definition) is 2. The molecule has 2 rings (SSSR count). The summed E-state index contributed by atoms with van der Waals surface area (Å²) in [5.74, 6) is 0. The molecule has 0 bridgehead atoms. The van der Waals surface area contributed by atoms with Crippen molar-refractivity contribution in [1.82, 2.24) is 10.2 Å². The van der Waals surface area contributed by atoms with Gasteiger partial charge in [-0.15, -0.1) is 0 Å². The van der Waals surface area contributed by atoms with E-state index in [-0.39, 0.29) is 0 Å². The molecule has 16 heavy (non-hydrogen) atoms. The summed E-state index contributed by atoms with van der Waals surface area (Å²) in [6.45, 7) is 0. The second kappa shape index (κ2) is 4.94. The molecule has 1 heterocycles. The summed E-state index contributed by atoms with van der Waals surface area (Å²) in [6, 6.07) is 12.0. The second-order valence-corrected chi connectivity index (χ2v) is 3.32. The molecule has 0 aliphatic heterocycles. The molecule has 0 spiro atoms. The van der Waals surface area contributed by atoms with E-state index in [1.54, 1.807) is 6.20 Å². The van der Waals surface area contributed by atoms with Crippen molar-refractivity contribution in [2.75, 3.05) is 0 Å². The van der Waals surface area contributed by atoms with Gasteiger partial charge in [0.05, 0.1) is 18.2 Å². The van der Waals surface area contributed by atoms with E-state index in [1.165, 1.54) is 0 Å². The standard InChI is InChI=1S/C13H11N3/c14-9-4-3-6-11-5-1-2-7-12(11)13-8-10-15-16-13/h1-3,5-8,10H,4H2,(H,15,16). The largest absolute Gasteiger partial charge is 0.278 e. The maximum atomic E-state index is 8.48. The Hall–Kier alpha value is -2.34. The predicted octanol–water partition coefficient (Wildman–Crippen LogP) is 3.00. The minimum absolute atomic E-state index is 0.428. The Morgan fingerprint density at radius 3 is 2.94 bits per heavy atom. The summed E-state index contributed by atoms with van der Waals surface area (Å²) in [4.78, 5) is 0. The monoisotopic (exact) mass is 209 g/mol. The third-order valence-electron chi connectivity index (χ3n) is 2.26. The highest BCUT2D eigenvalue weighted by Gasteiger charge is 2.02. The van der Waals surface area contributed by atoms with Crippen LogP contribution in [0.15, 0.2) is 42.6 Å². The van der Waals surface area contributed by atoms with E-state index in [4.69, 9.17) is 5.26 Å². The lowest BCUT2D eigenvalue weighted by atomic mass is 10.0. The molecular weight excluding hydrogens is 198 g/mol. The van der Waals surface area contributed by atoms with Crippen LogP contribution in [0.5, 0.6) is 0 Å². The maximum Gasteiger partial charge on any atom is 0.0663 e. The SMILES string of the molecule is N#CCC=Cc1ccccc1-c1ccn[nH]1. The van der Waals surface area contributed by atoms with Gasteiger partial charge in [0.1, 0.15) is 0 Å². The Balaban J connectivity index is 2.36. The summed E-state index contributed by atoms with van der Waals surface area (Å²) in [5, 5.41) is 15.4. The molecule has 0 saturated carbocycles. The highest BCUT2D eigenvalue weighted by atomic mass is 15.1. The van der Waals surface area contributed by atoms with Gasteiger partial charge < -0.3 is 0 Å². The molecular formula is C13H11N3. The van der Waals surface area contributed by atoms with Gasteiger partial charge in [0.25, 0.3) is 0 Å². The zero-order valence-electron chi connectivity index (χ0n) is 8.72. The van der Waals surface area contributed by atoms with Crippen LogP contribution in [0.25, 0.3) is 17.3 Å². The maximum absolute atomic E-state index is 8.48. The highest BCUT2D eigenvalue weighted by molar-refractivity contribution is 5.72. The Labute approximate surface area is 94.0 Å². The first-order valence-corrected chi connectivity index (χ1v) is 5.04. The molecule has 2 aromatic rings. The molecule has 0 aliphatic rings. The Kier molecular flexibility index (Phi) is 3.15. The van der Waals surface area contributed by atoms with Crippen molar-refractivity contribution in [3.63, 3.8) is 0 Å².